The van der Waals surface area contributed by atoms with Crippen LogP contribution >= 0.6 is 0 Å². The summed E-state index contributed by atoms with van der Waals surface area (Å²) in [6.07, 6.45) is 4.35. The highest BCUT2D eigenvalue weighted by atomic mass is 16.6. The van der Waals surface area contributed by atoms with Crippen molar-refractivity contribution in [2.45, 2.75) is 51.7 Å². The second-order valence-electron chi connectivity index (χ2n) is 7.14. The molecule has 1 aromatic rings. The highest BCUT2D eigenvalue weighted by molar-refractivity contribution is 5.95. The molecular formula is C18H27N3O3. The number of carbonyl (C=O) groups is 2. The average Bonchev–Trinajstić information content (AvgIpc) is 2.53. The first-order chi connectivity index (χ1) is 11.3. The first kappa shape index (κ1) is 18.4. The van der Waals surface area contributed by atoms with Crippen LogP contribution < -0.4 is 5.32 Å². The number of ether oxygens (including phenoxy) is 1. The van der Waals surface area contributed by atoms with E-state index in [1.54, 1.807) is 18.3 Å². The van der Waals surface area contributed by atoms with E-state index < -0.39 is 11.7 Å². The fourth-order valence-electron chi connectivity index (χ4n) is 2.81. The standard InChI is InChI=1S/C18H27N3O3/c1-18(2,3)24-17(23)20-12-14-8-5-7-11-21(14)13-16(22)15-9-4-6-10-19-15/h4,6,9-10,14H,5,7-8,11-13H2,1-3H3,(H,20,23). The summed E-state index contributed by atoms with van der Waals surface area (Å²) in [5.41, 5.74) is -0.0208. The number of aromatic nitrogens is 1. The van der Waals surface area contributed by atoms with Gasteiger partial charge in [0.25, 0.3) is 0 Å². The van der Waals surface area contributed by atoms with Gasteiger partial charge in [-0.1, -0.05) is 12.5 Å². The van der Waals surface area contributed by atoms with E-state index in [0.717, 1.165) is 25.8 Å². The number of alkyl carbamates (subject to hydrolysis) is 1. The minimum absolute atomic E-state index is 0.0137. The monoisotopic (exact) mass is 333 g/mol. The third-order valence-electron chi connectivity index (χ3n) is 3.93. The molecule has 2 rings (SSSR count). The molecule has 1 amide bonds. The number of ketones is 1. The quantitative estimate of drug-likeness (QED) is 0.839. The van der Waals surface area contributed by atoms with Crippen LogP contribution in [0.5, 0.6) is 0 Å². The summed E-state index contributed by atoms with van der Waals surface area (Å²) in [4.78, 5) is 30.4. The van der Waals surface area contributed by atoms with Gasteiger partial charge in [0.1, 0.15) is 11.3 Å². The Hall–Kier alpha value is -1.95. The number of carbonyl (C=O) groups excluding carboxylic acids is 2. The molecule has 1 aromatic heterocycles. The molecule has 24 heavy (non-hydrogen) atoms. The predicted molar refractivity (Wildman–Crippen MR) is 92.0 cm³/mol. The molecule has 0 radical (unpaired) electrons. The maximum absolute atomic E-state index is 12.4. The van der Waals surface area contributed by atoms with Crippen LogP contribution in [-0.4, -0.2) is 53.0 Å². The molecule has 1 unspecified atom stereocenters. The van der Waals surface area contributed by atoms with Crippen LogP contribution in [0, 0.1) is 0 Å². The lowest BCUT2D eigenvalue weighted by atomic mass is 10.0. The highest BCUT2D eigenvalue weighted by Gasteiger charge is 2.26. The van der Waals surface area contributed by atoms with E-state index in [4.69, 9.17) is 4.74 Å². The molecule has 0 spiro atoms. The first-order valence-corrected chi connectivity index (χ1v) is 8.50. The molecule has 0 bridgehead atoms. The smallest absolute Gasteiger partial charge is 0.407 e. The maximum atomic E-state index is 12.4. The van der Waals surface area contributed by atoms with E-state index in [1.807, 2.05) is 26.8 Å². The summed E-state index contributed by atoms with van der Waals surface area (Å²) in [6.45, 7) is 7.20. The largest absolute Gasteiger partial charge is 0.444 e. The number of Topliss-reactive ketones (excluding diaryl/α,β-unsaturated/α-hetero) is 1. The molecular weight excluding hydrogens is 306 g/mol. The number of pyridine rings is 1. The Bertz CT molecular complexity index is 554. The number of amides is 1. The third kappa shape index (κ3) is 5.92. The van der Waals surface area contributed by atoms with Crippen LogP contribution in [0.2, 0.25) is 0 Å². The van der Waals surface area contributed by atoms with Crippen molar-refractivity contribution in [1.29, 1.82) is 0 Å². The van der Waals surface area contributed by atoms with E-state index in [1.165, 1.54) is 0 Å². The second-order valence-corrected chi connectivity index (χ2v) is 7.14. The first-order valence-electron chi connectivity index (χ1n) is 8.50. The van der Waals surface area contributed by atoms with Crippen molar-refractivity contribution in [3.05, 3.63) is 30.1 Å². The number of rotatable bonds is 5. The molecule has 132 valence electrons. The van der Waals surface area contributed by atoms with Gasteiger partial charge < -0.3 is 10.1 Å². The van der Waals surface area contributed by atoms with Gasteiger partial charge in [0, 0.05) is 18.8 Å². The van der Waals surface area contributed by atoms with Crippen molar-refractivity contribution in [2.75, 3.05) is 19.6 Å². The molecule has 1 aliphatic heterocycles. The average molecular weight is 333 g/mol. The molecule has 6 nitrogen and oxygen atoms in total. The lowest BCUT2D eigenvalue weighted by Gasteiger charge is -2.35. The SMILES string of the molecule is CC(C)(C)OC(=O)NCC1CCCCN1CC(=O)c1ccccn1. The normalized spacial score (nSPS) is 18.9. The molecule has 1 N–H and O–H groups in total. The van der Waals surface area contributed by atoms with Gasteiger partial charge in [-0.3, -0.25) is 14.7 Å². The number of nitrogens with one attached hydrogen (secondary N) is 1. The van der Waals surface area contributed by atoms with Crippen molar-refractivity contribution in [1.82, 2.24) is 15.2 Å². The zero-order valence-corrected chi connectivity index (χ0v) is 14.7. The van der Waals surface area contributed by atoms with E-state index in [9.17, 15) is 9.59 Å². The number of hydrogen-bond donors (Lipinski definition) is 1. The van der Waals surface area contributed by atoms with Gasteiger partial charge in [-0.05, 0) is 52.3 Å². The van der Waals surface area contributed by atoms with Crippen molar-refractivity contribution in [2.24, 2.45) is 0 Å². The molecule has 1 saturated heterocycles. The highest BCUT2D eigenvalue weighted by Crippen LogP contribution is 2.17. The number of nitrogens with zero attached hydrogens (tertiary/aromatic N) is 2. The summed E-state index contributed by atoms with van der Waals surface area (Å²) in [6, 6.07) is 5.50. The number of hydrogen-bond acceptors (Lipinski definition) is 5. The summed E-state index contributed by atoms with van der Waals surface area (Å²) in [5, 5.41) is 2.82. The fourth-order valence-corrected chi connectivity index (χ4v) is 2.81. The summed E-state index contributed by atoms with van der Waals surface area (Å²) in [5.74, 6) is 0.0137. The molecule has 1 fully saturated rings. The number of piperidine rings is 1. The van der Waals surface area contributed by atoms with Gasteiger partial charge in [0.2, 0.25) is 0 Å². The molecule has 1 atom stereocenters. The van der Waals surface area contributed by atoms with Crippen molar-refractivity contribution >= 4 is 11.9 Å². The lowest BCUT2D eigenvalue weighted by molar-refractivity contribution is 0.0495. The van der Waals surface area contributed by atoms with Crippen LogP contribution in [0.15, 0.2) is 24.4 Å². The van der Waals surface area contributed by atoms with Crippen LogP contribution in [0.4, 0.5) is 4.79 Å². The van der Waals surface area contributed by atoms with Crippen LogP contribution in [0.3, 0.4) is 0 Å². The van der Waals surface area contributed by atoms with Crippen LogP contribution in [0.1, 0.15) is 50.5 Å². The molecule has 0 saturated carbocycles. The Morgan fingerprint density at radius 3 is 2.79 bits per heavy atom. The Balaban J connectivity index is 1.88. The van der Waals surface area contributed by atoms with Crippen LogP contribution in [0.25, 0.3) is 0 Å². The lowest BCUT2D eigenvalue weighted by Crippen LogP contribution is -2.49. The second kappa shape index (κ2) is 8.24. The van der Waals surface area contributed by atoms with Crippen molar-refractivity contribution in [3.8, 4) is 0 Å². The van der Waals surface area contributed by atoms with Crippen molar-refractivity contribution in [3.63, 3.8) is 0 Å². The van der Waals surface area contributed by atoms with Gasteiger partial charge in [0.15, 0.2) is 5.78 Å². The van der Waals surface area contributed by atoms with E-state index in [0.29, 0.717) is 18.8 Å². The summed E-state index contributed by atoms with van der Waals surface area (Å²) < 4.78 is 5.27. The van der Waals surface area contributed by atoms with Crippen LogP contribution in [-0.2, 0) is 4.74 Å². The van der Waals surface area contributed by atoms with E-state index in [-0.39, 0.29) is 11.8 Å². The molecule has 0 aliphatic carbocycles. The van der Waals surface area contributed by atoms with Gasteiger partial charge in [-0.15, -0.1) is 0 Å². The Labute approximate surface area is 143 Å². The molecule has 2 heterocycles. The van der Waals surface area contributed by atoms with E-state index in [2.05, 4.69) is 15.2 Å². The zero-order valence-electron chi connectivity index (χ0n) is 14.7. The fraction of sp³-hybridized carbons (Fsp3) is 0.611. The minimum atomic E-state index is -0.509. The third-order valence-corrected chi connectivity index (χ3v) is 3.93. The summed E-state index contributed by atoms with van der Waals surface area (Å²) in [7, 11) is 0. The molecule has 6 heteroatoms. The van der Waals surface area contributed by atoms with Crippen molar-refractivity contribution < 1.29 is 14.3 Å². The van der Waals surface area contributed by atoms with Gasteiger partial charge in [-0.25, -0.2) is 4.79 Å². The van der Waals surface area contributed by atoms with E-state index >= 15 is 0 Å². The summed E-state index contributed by atoms with van der Waals surface area (Å²) >= 11 is 0. The van der Waals surface area contributed by atoms with Gasteiger partial charge in [-0.2, -0.15) is 0 Å². The number of likely N-dealkylation sites (tertiary alicyclic amines) is 1. The zero-order chi connectivity index (χ0) is 17.6. The Kier molecular flexibility index (Phi) is 6.31. The Morgan fingerprint density at radius 2 is 2.12 bits per heavy atom. The minimum Gasteiger partial charge on any atom is -0.444 e. The Morgan fingerprint density at radius 1 is 1.33 bits per heavy atom. The maximum Gasteiger partial charge on any atom is 0.407 e. The van der Waals surface area contributed by atoms with Gasteiger partial charge in [0.05, 0.1) is 6.54 Å². The topological polar surface area (TPSA) is 71.5 Å². The predicted octanol–water partition coefficient (Wildman–Crippen LogP) is 2.64. The van der Waals surface area contributed by atoms with Gasteiger partial charge >= 0.3 is 6.09 Å². The molecule has 0 aromatic carbocycles. The molecule has 1 aliphatic rings.